The van der Waals surface area contributed by atoms with Crippen LogP contribution in [0.3, 0.4) is 0 Å². The van der Waals surface area contributed by atoms with E-state index in [-0.39, 0.29) is 6.04 Å². The van der Waals surface area contributed by atoms with E-state index < -0.39 is 0 Å². The minimum Gasteiger partial charge on any atom is -0.326 e. The zero-order chi connectivity index (χ0) is 13.3. The van der Waals surface area contributed by atoms with Crippen molar-refractivity contribution in [1.82, 2.24) is 14.7 Å². The van der Waals surface area contributed by atoms with Crippen LogP contribution in [0.25, 0.3) is 0 Å². The molecule has 0 radical (unpaired) electrons. The molecule has 1 aromatic heterocycles. The average molecular weight is 271 g/mol. The maximum absolute atomic E-state index is 6.34. The van der Waals surface area contributed by atoms with Gasteiger partial charge in [0.1, 0.15) is 0 Å². The molecule has 0 aliphatic carbocycles. The lowest BCUT2D eigenvalue weighted by Gasteiger charge is -2.35. The molecule has 1 saturated heterocycles. The second kappa shape index (κ2) is 5.59. The van der Waals surface area contributed by atoms with E-state index in [4.69, 9.17) is 17.3 Å². The highest BCUT2D eigenvalue weighted by atomic mass is 35.5. The van der Waals surface area contributed by atoms with E-state index in [0.717, 1.165) is 49.0 Å². The van der Waals surface area contributed by atoms with Crippen molar-refractivity contribution in [3.63, 3.8) is 0 Å². The lowest BCUT2D eigenvalue weighted by Crippen LogP contribution is -2.47. The number of hydrogen-bond acceptors (Lipinski definition) is 3. The molecule has 2 unspecified atom stereocenters. The highest BCUT2D eigenvalue weighted by Gasteiger charge is 2.25. The molecule has 0 saturated carbocycles. The van der Waals surface area contributed by atoms with Crippen LogP contribution in [0.1, 0.15) is 31.7 Å². The Labute approximate surface area is 114 Å². The minimum absolute atomic E-state index is 0.275. The van der Waals surface area contributed by atoms with Gasteiger partial charge in [-0.05, 0) is 32.7 Å². The summed E-state index contributed by atoms with van der Waals surface area (Å²) in [6.45, 7) is 10.0. The first-order valence-corrected chi connectivity index (χ1v) is 7.10. The molecule has 102 valence electrons. The quantitative estimate of drug-likeness (QED) is 0.914. The molecule has 18 heavy (non-hydrogen) atoms. The van der Waals surface area contributed by atoms with Crippen LogP contribution in [0.5, 0.6) is 0 Å². The molecule has 5 heteroatoms. The first kappa shape index (κ1) is 13.8. The van der Waals surface area contributed by atoms with Gasteiger partial charge in [-0.3, -0.25) is 9.58 Å². The number of aryl methyl sites for hydroxylation is 2. The predicted molar refractivity (Wildman–Crippen MR) is 74.7 cm³/mol. The van der Waals surface area contributed by atoms with Gasteiger partial charge in [0.25, 0.3) is 0 Å². The summed E-state index contributed by atoms with van der Waals surface area (Å²) in [5, 5.41) is 5.26. The molecular weight excluding hydrogens is 248 g/mol. The summed E-state index contributed by atoms with van der Waals surface area (Å²) in [7, 11) is 0. The van der Waals surface area contributed by atoms with E-state index in [9.17, 15) is 0 Å². The van der Waals surface area contributed by atoms with Crippen LogP contribution in [0.2, 0.25) is 5.02 Å². The van der Waals surface area contributed by atoms with Crippen molar-refractivity contribution in [2.45, 2.75) is 46.3 Å². The van der Waals surface area contributed by atoms with Crippen molar-refractivity contribution < 1.29 is 0 Å². The van der Waals surface area contributed by atoms with Crippen molar-refractivity contribution in [1.29, 1.82) is 0 Å². The van der Waals surface area contributed by atoms with Crippen LogP contribution < -0.4 is 5.73 Å². The molecule has 1 aliphatic rings. The second-order valence-corrected chi connectivity index (χ2v) is 5.70. The third-order valence-corrected chi connectivity index (χ3v) is 4.42. The fourth-order valence-corrected chi connectivity index (χ4v) is 2.74. The lowest BCUT2D eigenvalue weighted by atomic mass is 9.94. The molecule has 2 rings (SSSR count). The van der Waals surface area contributed by atoms with Gasteiger partial charge in [0.2, 0.25) is 0 Å². The van der Waals surface area contributed by atoms with Crippen LogP contribution in [0, 0.1) is 12.8 Å². The van der Waals surface area contributed by atoms with Crippen LogP contribution in [-0.4, -0.2) is 33.8 Å². The normalized spacial score (nSPS) is 25.6. The number of rotatable bonds is 3. The minimum atomic E-state index is 0.275. The van der Waals surface area contributed by atoms with E-state index in [1.54, 1.807) is 0 Å². The van der Waals surface area contributed by atoms with Gasteiger partial charge >= 0.3 is 0 Å². The molecule has 2 heterocycles. The zero-order valence-corrected chi connectivity index (χ0v) is 12.2. The second-order valence-electron chi connectivity index (χ2n) is 5.33. The van der Waals surface area contributed by atoms with Gasteiger partial charge in [-0.2, -0.15) is 5.10 Å². The number of piperidine rings is 1. The van der Waals surface area contributed by atoms with E-state index >= 15 is 0 Å². The van der Waals surface area contributed by atoms with Gasteiger partial charge in [-0.15, -0.1) is 0 Å². The highest BCUT2D eigenvalue weighted by Crippen LogP contribution is 2.24. The first-order chi connectivity index (χ1) is 8.52. The van der Waals surface area contributed by atoms with Gasteiger partial charge in [-0.25, -0.2) is 0 Å². The van der Waals surface area contributed by atoms with Crippen molar-refractivity contribution in [3.8, 4) is 0 Å². The third kappa shape index (κ3) is 2.71. The first-order valence-electron chi connectivity index (χ1n) is 6.72. The maximum Gasteiger partial charge on any atom is 0.0860 e. The van der Waals surface area contributed by atoms with Crippen LogP contribution in [0.15, 0.2) is 0 Å². The lowest BCUT2D eigenvalue weighted by molar-refractivity contribution is 0.158. The van der Waals surface area contributed by atoms with Gasteiger partial charge < -0.3 is 5.73 Å². The Morgan fingerprint density at radius 2 is 2.22 bits per heavy atom. The molecule has 4 nitrogen and oxygen atoms in total. The molecule has 2 N–H and O–H groups in total. The Morgan fingerprint density at radius 3 is 2.83 bits per heavy atom. The number of hydrogen-bond donors (Lipinski definition) is 1. The molecule has 1 aromatic rings. The summed E-state index contributed by atoms with van der Waals surface area (Å²) in [6, 6.07) is 0.275. The number of halogens is 1. The molecule has 2 atom stereocenters. The monoisotopic (exact) mass is 270 g/mol. The number of nitrogens with zero attached hydrogens (tertiary/aromatic N) is 3. The molecule has 1 aliphatic heterocycles. The number of nitrogens with two attached hydrogens (primary N) is 1. The molecule has 0 bridgehead atoms. The SMILES string of the molecule is CCn1nc(C)c(Cl)c1CN1CCC(C)C(N)C1. The van der Waals surface area contributed by atoms with E-state index in [1.807, 2.05) is 11.6 Å². The fourth-order valence-electron chi connectivity index (χ4n) is 2.55. The Balaban J connectivity index is 2.10. The predicted octanol–water partition coefficient (Wildman–Crippen LogP) is 2.03. The summed E-state index contributed by atoms with van der Waals surface area (Å²) in [5.41, 5.74) is 8.18. The molecule has 0 spiro atoms. The number of likely N-dealkylation sites (tertiary alicyclic amines) is 1. The van der Waals surface area contributed by atoms with Crippen molar-refractivity contribution in [2.75, 3.05) is 13.1 Å². The van der Waals surface area contributed by atoms with Crippen LogP contribution in [0.4, 0.5) is 0 Å². The average Bonchev–Trinajstić information content (AvgIpc) is 2.61. The standard InChI is InChI=1S/C13H23ClN4/c1-4-18-12(13(14)10(3)16-18)8-17-6-5-9(2)11(15)7-17/h9,11H,4-8,15H2,1-3H3. The van der Waals surface area contributed by atoms with Gasteiger partial charge in [0.15, 0.2) is 0 Å². The van der Waals surface area contributed by atoms with E-state index in [1.165, 1.54) is 0 Å². The molecular formula is C13H23ClN4. The molecule has 0 aromatic carbocycles. The van der Waals surface area contributed by atoms with E-state index in [2.05, 4.69) is 23.8 Å². The maximum atomic E-state index is 6.34. The van der Waals surface area contributed by atoms with Gasteiger partial charge in [-0.1, -0.05) is 18.5 Å². The smallest absolute Gasteiger partial charge is 0.0860 e. The van der Waals surface area contributed by atoms with E-state index in [0.29, 0.717) is 5.92 Å². The van der Waals surface area contributed by atoms with Gasteiger partial charge in [0.05, 0.1) is 16.4 Å². The Bertz CT molecular complexity index is 415. The number of aromatic nitrogens is 2. The topological polar surface area (TPSA) is 47.1 Å². The van der Waals surface area contributed by atoms with Gasteiger partial charge in [0, 0.05) is 25.7 Å². The molecule has 1 fully saturated rings. The summed E-state index contributed by atoms with van der Waals surface area (Å²) < 4.78 is 2.00. The third-order valence-electron chi connectivity index (χ3n) is 3.93. The summed E-state index contributed by atoms with van der Waals surface area (Å²) in [4.78, 5) is 2.39. The Hall–Kier alpha value is -0.580. The Morgan fingerprint density at radius 1 is 1.50 bits per heavy atom. The van der Waals surface area contributed by atoms with Crippen molar-refractivity contribution in [3.05, 3.63) is 16.4 Å². The Kier molecular flexibility index (Phi) is 4.30. The van der Waals surface area contributed by atoms with Crippen molar-refractivity contribution in [2.24, 2.45) is 11.7 Å². The van der Waals surface area contributed by atoms with Crippen molar-refractivity contribution >= 4 is 11.6 Å². The summed E-state index contributed by atoms with van der Waals surface area (Å²) >= 11 is 6.34. The molecule has 0 amide bonds. The summed E-state index contributed by atoms with van der Waals surface area (Å²) in [5.74, 6) is 0.620. The van der Waals surface area contributed by atoms with Crippen LogP contribution >= 0.6 is 11.6 Å². The fraction of sp³-hybridized carbons (Fsp3) is 0.769. The summed E-state index contributed by atoms with van der Waals surface area (Å²) in [6.07, 6.45) is 1.16. The largest absolute Gasteiger partial charge is 0.326 e. The zero-order valence-electron chi connectivity index (χ0n) is 11.5. The highest BCUT2D eigenvalue weighted by molar-refractivity contribution is 6.31. The van der Waals surface area contributed by atoms with Crippen LogP contribution in [-0.2, 0) is 13.1 Å².